The molecule has 0 aliphatic carbocycles. The van der Waals surface area contributed by atoms with Crippen molar-refractivity contribution >= 4 is 17.6 Å². The van der Waals surface area contributed by atoms with Gasteiger partial charge < -0.3 is 10.0 Å². The van der Waals surface area contributed by atoms with Crippen molar-refractivity contribution in [1.29, 1.82) is 0 Å². The van der Waals surface area contributed by atoms with Crippen LogP contribution in [0.2, 0.25) is 0 Å². The lowest BCUT2D eigenvalue weighted by atomic mass is 9.98. The van der Waals surface area contributed by atoms with Crippen molar-refractivity contribution in [1.82, 2.24) is 0 Å². The zero-order chi connectivity index (χ0) is 16.9. The summed E-state index contributed by atoms with van der Waals surface area (Å²) in [7, 11) is 0. The molecule has 122 valence electrons. The molecular weight excluding hydrogens is 278 g/mol. The Hall–Kier alpha value is -1.84. The molecule has 1 rings (SSSR count). The summed E-state index contributed by atoms with van der Waals surface area (Å²) in [6.07, 6.45) is 1.52. The Kier molecular flexibility index (Phi) is 6.60. The van der Waals surface area contributed by atoms with Gasteiger partial charge in [-0.2, -0.15) is 0 Å². The van der Waals surface area contributed by atoms with E-state index in [4.69, 9.17) is 0 Å². The fourth-order valence-electron chi connectivity index (χ4n) is 2.55. The maximum atomic E-state index is 12.9. The standard InChI is InChI=1S/C18H27NO3/c1-6-15(7-2)17(20)19(11-13(4)18(21)22)16-10-8-9-12(3)14(16)5/h8-10,13,15H,6-7,11H2,1-5H3,(H,21,22). The van der Waals surface area contributed by atoms with Crippen LogP contribution < -0.4 is 4.90 Å². The molecule has 1 N–H and O–H groups in total. The van der Waals surface area contributed by atoms with Gasteiger partial charge in [0.1, 0.15) is 0 Å². The van der Waals surface area contributed by atoms with E-state index in [0.717, 1.165) is 29.7 Å². The zero-order valence-corrected chi connectivity index (χ0v) is 14.2. The van der Waals surface area contributed by atoms with E-state index in [0.29, 0.717) is 0 Å². The molecule has 1 amide bonds. The molecule has 0 aliphatic rings. The summed E-state index contributed by atoms with van der Waals surface area (Å²) in [4.78, 5) is 25.7. The van der Waals surface area contributed by atoms with Crippen LogP contribution in [0.4, 0.5) is 5.69 Å². The minimum absolute atomic E-state index is 0.0202. The minimum atomic E-state index is -0.882. The minimum Gasteiger partial charge on any atom is -0.481 e. The SMILES string of the molecule is CCC(CC)C(=O)N(CC(C)C(=O)O)c1cccc(C)c1C. The van der Waals surface area contributed by atoms with Crippen LogP contribution in [0.3, 0.4) is 0 Å². The van der Waals surface area contributed by atoms with Gasteiger partial charge in [-0.3, -0.25) is 9.59 Å². The highest BCUT2D eigenvalue weighted by atomic mass is 16.4. The molecule has 0 saturated carbocycles. The summed E-state index contributed by atoms with van der Waals surface area (Å²) in [5.74, 6) is -1.53. The van der Waals surface area contributed by atoms with Crippen LogP contribution in [-0.4, -0.2) is 23.5 Å². The maximum Gasteiger partial charge on any atom is 0.308 e. The quantitative estimate of drug-likeness (QED) is 0.833. The molecule has 4 heteroatoms. The van der Waals surface area contributed by atoms with Gasteiger partial charge in [-0.05, 0) is 43.9 Å². The molecule has 0 fully saturated rings. The molecule has 0 radical (unpaired) electrons. The Bertz CT molecular complexity index is 535. The third kappa shape index (κ3) is 4.09. The van der Waals surface area contributed by atoms with Crippen LogP contribution >= 0.6 is 0 Å². The largest absolute Gasteiger partial charge is 0.481 e. The molecule has 1 atom stereocenters. The van der Waals surface area contributed by atoms with Crippen LogP contribution in [-0.2, 0) is 9.59 Å². The van der Waals surface area contributed by atoms with Crippen LogP contribution in [0.5, 0.6) is 0 Å². The number of carbonyl (C=O) groups excluding carboxylic acids is 1. The molecule has 0 spiro atoms. The summed E-state index contributed by atoms with van der Waals surface area (Å²) in [5.41, 5.74) is 2.95. The van der Waals surface area contributed by atoms with Crippen LogP contribution in [0.15, 0.2) is 18.2 Å². The number of hydrogen-bond acceptors (Lipinski definition) is 2. The summed E-state index contributed by atoms with van der Waals surface area (Å²) in [6, 6.07) is 5.81. The van der Waals surface area contributed by atoms with Crippen molar-refractivity contribution in [3.05, 3.63) is 29.3 Å². The third-order valence-electron chi connectivity index (χ3n) is 4.35. The molecule has 0 bridgehead atoms. The second-order valence-corrected chi connectivity index (χ2v) is 5.92. The van der Waals surface area contributed by atoms with E-state index >= 15 is 0 Å². The summed E-state index contributed by atoms with van der Waals surface area (Å²) < 4.78 is 0. The predicted molar refractivity (Wildman–Crippen MR) is 89.1 cm³/mol. The van der Waals surface area contributed by atoms with E-state index < -0.39 is 11.9 Å². The Morgan fingerprint density at radius 3 is 2.27 bits per heavy atom. The highest BCUT2D eigenvalue weighted by Gasteiger charge is 2.27. The van der Waals surface area contributed by atoms with Crippen LogP contribution in [0.1, 0.15) is 44.7 Å². The van der Waals surface area contributed by atoms with Gasteiger partial charge >= 0.3 is 5.97 Å². The molecular formula is C18H27NO3. The fraction of sp³-hybridized carbons (Fsp3) is 0.556. The van der Waals surface area contributed by atoms with E-state index in [2.05, 4.69) is 0 Å². The predicted octanol–water partition coefficient (Wildman–Crippen LogP) is 3.79. The van der Waals surface area contributed by atoms with Crippen LogP contribution in [0, 0.1) is 25.7 Å². The fourth-order valence-corrected chi connectivity index (χ4v) is 2.55. The number of hydrogen-bond donors (Lipinski definition) is 1. The highest BCUT2D eigenvalue weighted by molar-refractivity contribution is 5.96. The van der Waals surface area contributed by atoms with Crippen molar-refractivity contribution in [2.24, 2.45) is 11.8 Å². The first kappa shape index (κ1) is 18.2. The molecule has 0 saturated heterocycles. The molecule has 22 heavy (non-hydrogen) atoms. The molecule has 4 nitrogen and oxygen atoms in total. The Balaban J connectivity index is 3.24. The van der Waals surface area contributed by atoms with Crippen molar-refractivity contribution in [3.63, 3.8) is 0 Å². The first-order valence-corrected chi connectivity index (χ1v) is 7.93. The number of carbonyl (C=O) groups is 2. The van der Waals surface area contributed by atoms with Crippen molar-refractivity contribution in [3.8, 4) is 0 Å². The van der Waals surface area contributed by atoms with Gasteiger partial charge in [0.05, 0.1) is 5.92 Å². The van der Waals surface area contributed by atoms with Gasteiger partial charge in [0.15, 0.2) is 0 Å². The molecule has 1 aromatic carbocycles. The topological polar surface area (TPSA) is 57.6 Å². The summed E-state index contributed by atoms with van der Waals surface area (Å²) in [6.45, 7) is 9.81. The van der Waals surface area contributed by atoms with Gasteiger partial charge in [-0.25, -0.2) is 0 Å². The summed E-state index contributed by atoms with van der Waals surface area (Å²) in [5, 5.41) is 9.20. The van der Waals surface area contributed by atoms with Crippen molar-refractivity contribution in [2.45, 2.75) is 47.5 Å². The van der Waals surface area contributed by atoms with Crippen LogP contribution in [0.25, 0.3) is 0 Å². The van der Waals surface area contributed by atoms with Gasteiger partial charge in [0.2, 0.25) is 5.91 Å². The van der Waals surface area contributed by atoms with Gasteiger partial charge in [-0.15, -0.1) is 0 Å². The Labute approximate surface area is 133 Å². The third-order valence-corrected chi connectivity index (χ3v) is 4.35. The first-order valence-electron chi connectivity index (χ1n) is 7.93. The second-order valence-electron chi connectivity index (χ2n) is 5.92. The van der Waals surface area contributed by atoms with E-state index in [1.165, 1.54) is 0 Å². The number of rotatable bonds is 7. The maximum absolute atomic E-state index is 12.9. The number of aryl methyl sites for hydroxylation is 1. The number of anilines is 1. The number of carboxylic acid groups (broad SMARTS) is 1. The number of aliphatic carboxylic acids is 1. The van der Waals surface area contributed by atoms with Crippen molar-refractivity contribution in [2.75, 3.05) is 11.4 Å². The number of benzene rings is 1. The van der Waals surface area contributed by atoms with Gasteiger partial charge in [0.25, 0.3) is 0 Å². The highest BCUT2D eigenvalue weighted by Crippen LogP contribution is 2.26. The smallest absolute Gasteiger partial charge is 0.308 e. The van der Waals surface area contributed by atoms with Gasteiger partial charge in [0, 0.05) is 18.2 Å². The summed E-state index contributed by atoms with van der Waals surface area (Å²) >= 11 is 0. The Morgan fingerprint density at radius 2 is 1.77 bits per heavy atom. The lowest BCUT2D eigenvalue weighted by Gasteiger charge is -2.30. The molecule has 1 unspecified atom stereocenters. The lowest BCUT2D eigenvalue weighted by molar-refractivity contribution is -0.140. The number of nitrogens with zero attached hydrogens (tertiary/aromatic N) is 1. The Morgan fingerprint density at radius 1 is 1.18 bits per heavy atom. The van der Waals surface area contributed by atoms with E-state index in [1.807, 2.05) is 45.9 Å². The average molecular weight is 305 g/mol. The molecule has 1 aromatic rings. The number of amides is 1. The molecule has 0 heterocycles. The normalized spacial score (nSPS) is 12.3. The van der Waals surface area contributed by atoms with E-state index in [9.17, 15) is 14.7 Å². The van der Waals surface area contributed by atoms with Gasteiger partial charge in [-0.1, -0.05) is 32.9 Å². The lowest BCUT2D eigenvalue weighted by Crippen LogP contribution is -2.41. The second kappa shape index (κ2) is 7.97. The first-order chi connectivity index (χ1) is 10.3. The monoisotopic (exact) mass is 305 g/mol. The molecule has 0 aliphatic heterocycles. The number of carboxylic acids is 1. The molecule has 0 aromatic heterocycles. The van der Waals surface area contributed by atoms with E-state index in [1.54, 1.807) is 11.8 Å². The van der Waals surface area contributed by atoms with Crippen molar-refractivity contribution < 1.29 is 14.7 Å². The zero-order valence-electron chi connectivity index (χ0n) is 14.2. The average Bonchev–Trinajstić information content (AvgIpc) is 2.48. The van der Waals surface area contributed by atoms with E-state index in [-0.39, 0.29) is 18.4 Å².